The van der Waals surface area contributed by atoms with Crippen molar-refractivity contribution in [3.05, 3.63) is 58.7 Å². The number of hydrogen-bond acceptors (Lipinski definition) is 7. The quantitative estimate of drug-likeness (QED) is 0.484. The average molecular weight is 419 g/mol. The molecule has 0 saturated carbocycles. The number of furan rings is 1. The van der Waals surface area contributed by atoms with Gasteiger partial charge in [0, 0.05) is 19.2 Å². The van der Waals surface area contributed by atoms with E-state index in [0.29, 0.717) is 46.1 Å². The van der Waals surface area contributed by atoms with Gasteiger partial charge in [0.2, 0.25) is 6.79 Å². The first-order valence-electron chi connectivity index (χ1n) is 9.89. The molecule has 1 amide bonds. The molecule has 0 radical (unpaired) electrons. The Labute approximate surface area is 178 Å². The molecular formula is C23H21N3O5. The van der Waals surface area contributed by atoms with E-state index in [1.807, 2.05) is 38.1 Å². The van der Waals surface area contributed by atoms with Crippen molar-refractivity contribution in [3.8, 4) is 22.8 Å². The highest BCUT2D eigenvalue weighted by Gasteiger charge is 2.23. The average Bonchev–Trinajstić information content (AvgIpc) is 3.45. The maximum absolute atomic E-state index is 13.5. The van der Waals surface area contributed by atoms with Gasteiger partial charge in [0.25, 0.3) is 11.6 Å². The summed E-state index contributed by atoms with van der Waals surface area (Å²) in [6.07, 6.45) is 0. The van der Waals surface area contributed by atoms with Gasteiger partial charge in [0.05, 0.1) is 22.3 Å². The zero-order valence-corrected chi connectivity index (χ0v) is 17.7. The number of aryl methyl sites for hydroxylation is 3. The van der Waals surface area contributed by atoms with E-state index in [1.165, 1.54) is 0 Å². The maximum atomic E-state index is 13.5. The predicted octanol–water partition coefficient (Wildman–Crippen LogP) is 4.41. The Kier molecular flexibility index (Phi) is 4.43. The van der Waals surface area contributed by atoms with Gasteiger partial charge >= 0.3 is 0 Å². The van der Waals surface area contributed by atoms with Crippen molar-refractivity contribution in [1.82, 2.24) is 15.0 Å². The van der Waals surface area contributed by atoms with Crippen molar-refractivity contribution in [2.24, 2.45) is 0 Å². The predicted molar refractivity (Wildman–Crippen MR) is 112 cm³/mol. The fourth-order valence-corrected chi connectivity index (χ4v) is 3.88. The number of carbonyl (C=O) groups is 1. The molecule has 3 aromatic heterocycles. The number of aromatic nitrogens is 2. The summed E-state index contributed by atoms with van der Waals surface area (Å²) in [7, 11) is 1.76. The summed E-state index contributed by atoms with van der Waals surface area (Å²) in [6.45, 7) is 6.16. The normalized spacial score (nSPS) is 12.5. The van der Waals surface area contributed by atoms with Gasteiger partial charge in [-0.3, -0.25) is 4.79 Å². The number of fused-ring (bicyclic) bond motifs is 2. The number of carbonyl (C=O) groups excluding carboxylic acids is 1. The highest BCUT2D eigenvalue weighted by molar-refractivity contribution is 6.06. The number of benzene rings is 1. The lowest BCUT2D eigenvalue weighted by molar-refractivity contribution is 0.0786. The molecule has 0 bridgehead atoms. The largest absolute Gasteiger partial charge is 0.466 e. The lowest BCUT2D eigenvalue weighted by Crippen LogP contribution is -2.26. The van der Waals surface area contributed by atoms with Crippen LogP contribution in [0, 0.1) is 20.8 Å². The van der Waals surface area contributed by atoms with Crippen molar-refractivity contribution in [2.45, 2.75) is 27.3 Å². The minimum Gasteiger partial charge on any atom is -0.466 e. The van der Waals surface area contributed by atoms with Crippen LogP contribution in [0.1, 0.15) is 33.1 Å². The summed E-state index contributed by atoms with van der Waals surface area (Å²) in [4.78, 5) is 19.7. The van der Waals surface area contributed by atoms with Crippen LogP contribution in [-0.2, 0) is 6.54 Å². The van der Waals surface area contributed by atoms with Crippen LogP contribution in [0.4, 0.5) is 0 Å². The highest BCUT2D eigenvalue weighted by atomic mass is 16.7. The monoisotopic (exact) mass is 419 g/mol. The third-order valence-corrected chi connectivity index (χ3v) is 5.37. The first-order valence-corrected chi connectivity index (χ1v) is 9.89. The first-order chi connectivity index (χ1) is 14.9. The van der Waals surface area contributed by atoms with Crippen LogP contribution >= 0.6 is 0 Å². The van der Waals surface area contributed by atoms with Crippen LogP contribution in [0.15, 0.2) is 39.3 Å². The molecule has 0 atom stereocenters. The zero-order valence-electron chi connectivity index (χ0n) is 17.7. The van der Waals surface area contributed by atoms with Crippen LogP contribution < -0.4 is 9.47 Å². The van der Waals surface area contributed by atoms with Crippen molar-refractivity contribution >= 4 is 17.0 Å². The molecule has 0 N–H and O–H groups in total. The summed E-state index contributed by atoms with van der Waals surface area (Å²) in [5.74, 6) is 2.75. The Morgan fingerprint density at radius 3 is 2.68 bits per heavy atom. The highest BCUT2D eigenvalue weighted by Crippen LogP contribution is 2.34. The number of nitrogens with zero attached hydrogens (tertiary/aromatic N) is 3. The number of rotatable bonds is 4. The van der Waals surface area contributed by atoms with Crippen LogP contribution in [0.25, 0.3) is 22.4 Å². The summed E-state index contributed by atoms with van der Waals surface area (Å²) in [6, 6.07) is 9.35. The maximum Gasteiger partial charge on any atom is 0.259 e. The third kappa shape index (κ3) is 3.30. The molecule has 0 aliphatic carbocycles. The Balaban J connectivity index is 1.52. The van der Waals surface area contributed by atoms with Gasteiger partial charge < -0.3 is 23.3 Å². The van der Waals surface area contributed by atoms with E-state index >= 15 is 0 Å². The van der Waals surface area contributed by atoms with E-state index < -0.39 is 0 Å². The second kappa shape index (κ2) is 7.16. The minimum absolute atomic E-state index is 0.157. The molecule has 1 aromatic carbocycles. The van der Waals surface area contributed by atoms with Gasteiger partial charge in [-0.25, -0.2) is 4.98 Å². The van der Waals surface area contributed by atoms with Crippen molar-refractivity contribution in [3.63, 3.8) is 0 Å². The van der Waals surface area contributed by atoms with Crippen molar-refractivity contribution in [2.75, 3.05) is 13.8 Å². The molecule has 31 heavy (non-hydrogen) atoms. The lowest BCUT2D eigenvalue weighted by atomic mass is 10.0. The molecule has 0 unspecified atom stereocenters. The first kappa shape index (κ1) is 19.2. The summed E-state index contributed by atoms with van der Waals surface area (Å²) >= 11 is 0. The van der Waals surface area contributed by atoms with Gasteiger partial charge in [0.15, 0.2) is 11.5 Å². The van der Waals surface area contributed by atoms with Gasteiger partial charge in [-0.2, -0.15) is 0 Å². The van der Waals surface area contributed by atoms with Gasteiger partial charge in [-0.05, 0) is 50.6 Å². The Morgan fingerprint density at radius 2 is 1.90 bits per heavy atom. The van der Waals surface area contributed by atoms with E-state index in [4.69, 9.17) is 18.4 Å². The fourth-order valence-electron chi connectivity index (χ4n) is 3.88. The zero-order chi connectivity index (χ0) is 21.7. The molecule has 158 valence electrons. The smallest absolute Gasteiger partial charge is 0.259 e. The van der Waals surface area contributed by atoms with E-state index in [9.17, 15) is 4.79 Å². The van der Waals surface area contributed by atoms with E-state index in [0.717, 1.165) is 22.6 Å². The molecule has 0 fully saturated rings. The summed E-state index contributed by atoms with van der Waals surface area (Å²) < 4.78 is 21.9. The van der Waals surface area contributed by atoms with Crippen molar-refractivity contribution in [1.29, 1.82) is 0 Å². The molecule has 8 nitrogen and oxygen atoms in total. The molecule has 1 aliphatic heterocycles. The number of amides is 1. The molecule has 0 spiro atoms. The number of hydrogen-bond donors (Lipinski definition) is 0. The van der Waals surface area contributed by atoms with Gasteiger partial charge in [0.1, 0.15) is 11.5 Å². The SMILES string of the molecule is Cc1cc(-c2cc(C(=O)N(C)Cc3ccc4c(c3)OCO4)c3c(C)noc3n2)c(C)o1. The minimum atomic E-state index is -0.157. The van der Waals surface area contributed by atoms with Crippen LogP contribution in [0.3, 0.4) is 0 Å². The molecule has 1 aliphatic rings. The summed E-state index contributed by atoms with van der Waals surface area (Å²) in [5, 5.41) is 4.64. The summed E-state index contributed by atoms with van der Waals surface area (Å²) in [5.41, 5.74) is 3.80. The topological polar surface area (TPSA) is 90.8 Å². The van der Waals surface area contributed by atoms with Crippen LogP contribution in [0.5, 0.6) is 11.5 Å². The van der Waals surface area contributed by atoms with Crippen molar-refractivity contribution < 1.29 is 23.2 Å². The fraction of sp³-hybridized carbons (Fsp3) is 0.261. The Hall–Kier alpha value is -3.81. The Morgan fingerprint density at radius 1 is 1.10 bits per heavy atom. The standard InChI is InChI=1S/C23H21N3O5/c1-12-7-16(14(3)30-12)18-9-17(21-13(2)25-31-22(21)24-18)23(27)26(4)10-15-5-6-19-20(8-15)29-11-28-19/h5-9H,10-11H2,1-4H3. The molecule has 8 heteroatoms. The molecule has 0 saturated heterocycles. The molecule has 5 rings (SSSR count). The van der Waals surface area contributed by atoms with E-state index in [1.54, 1.807) is 24.9 Å². The van der Waals surface area contributed by atoms with Gasteiger partial charge in [-0.15, -0.1) is 0 Å². The molecular weight excluding hydrogens is 398 g/mol. The van der Waals surface area contributed by atoms with Crippen LogP contribution in [-0.4, -0.2) is 34.8 Å². The Bertz CT molecular complexity index is 1320. The molecule has 4 aromatic rings. The lowest BCUT2D eigenvalue weighted by Gasteiger charge is -2.18. The van der Waals surface area contributed by atoms with E-state index in [-0.39, 0.29) is 12.7 Å². The molecule has 4 heterocycles. The van der Waals surface area contributed by atoms with Gasteiger partial charge in [-0.1, -0.05) is 11.2 Å². The van der Waals surface area contributed by atoms with E-state index in [2.05, 4.69) is 10.1 Å². The number of ether oxygens (including phenoxy) is 2. The third-order valence-electron chi connectivity index (χ3n) is 5.37. The van der Waals surface area contributed by atoms with Crippen LogP contribution in [0.2, 0.25) is 0 Å². The second-order valence-corrected chi connectivity index (χ2v) is 7.68. The number of pyridine rings is 1. The second-order valence-electron chi connectivity index (χ2n) is 7.68.